The van der Waals surface area contributed by atoms with Crippen molar-refractivity contribution in [2.24, 2.45) is 0 Å². The normalized spacial score (nSPS) is 12.1. The molecule has 3 heterocycles. The second-order valence-corrected chi connectivity index (χ2v) is 10.0. The van der Waals surface area contributed by atoms with E-state index in [1.165, 1.54) is 5.56 Å². The van der Waals surface area contributed by atoms with E-state index in [0.717, 1.165) is 45.0 Å². The van der Waals surface area contributed by atoms with E-state index >= 15 is 0 Å². The number of imidazole rings is 1. The minimum atomic E-state index is -0.0431. The zero-order valence-electron chi connectivity index (χ0n) is 22.4. The number of benzene rings is 3. The summed E-state index contributed by atoms with van der Waals surface area (Å²) < 4.78 is 12.9. The molecule has 7 nitrogen and oxygen atoms in total. The van der Waals surface area contributed by atoms with Gasteiger partial charge in [-0.05, 0) is 61.2 Å². The van der Waals surface area contributed by atoms with E-state index in [1.54, 1.807) is 6.92 Å². The molecular weight excluding hydrogens is 502 g/mol. The van der Waals surface area contributed by atoms with E-state index in [1.807, 2.05) is 54.6 Å². The number of hydrogen-bond acceptors (Lipinski definition) is 5. The molecule has 0 bridgehead atoms. The monoisotopic (exact) mass is 531 g/mol. The average molecular weight is 532 g/mol. The number of ketones is 1. The lowest BCUT2D eigenvalue weighted by Gasteiger charge is -2.09. The molecule has 2 aromatic heterocycles. The van der Waals surface area contributed by atoms with Gasteiger partial charge in [-0.25, -0.2) is 4.98 Å². The number of nitrogens with one attached hydrogen (secondary N) is 1. The van der Waals surface area contributed by atoms with E-state index < -0.39 is 0 Å². The molecule has 0 unspecified atom stereocenters. The molecule has 0 saturated carbocycles. The molecule has 7 heteroatoms. The van der Waals surface area contributed by atoms with Gasteiger partial charge in [-0.3, -0.25) is 9.59 Å². The summed E-state index contributed by atoms with van der Waals surface area (Å²) >= 11 is 0. The molecule has 6 rings (SSSR count). The van der Waals surface area contributed by atoms with Crippen LogP contribution in [-0.4, -0.2) is 27.9 Å². The van der Waals surface area contributed by atoms with E-state index in [9.17, 15) is 9.59 Å². The second-order valence-electron chi connectivity index (χ2n) is 10.0. The van der Waals surface area contributed by atoms with Gasteiger partial charge in [0.2, 0.25) is 12.7 Å². The molecule has 200 valence electrons. The molecule has 1 N–H and O–H groups in total. The summed E-state index contributed by atoms with van der Waals surface area (Å²) in [7, 11) is 0. The number of aromatic nitrogens is 2. The first-order chi connectivity index (χ1) is 19.4. The first-order valence-electron chi connectivity index (χ1n) is 13.3. The van der Waals surface area contributed by atoms with Gasteiger partial charge in [0.25, 0.3) is 0 Å². The molecule has 0 fully saturated rings. The van der Waals surface area contributed by atoms with Gasteiger partial charge in [-0.15, -0.1) is 0 Å². The van der Waals surface area contributed by atoms with Crippen LogP contribution in [0.5, 0.6) is 11.5 Å². The molecule has 5 aromatic rings. The third-order valence-corrected chi connectivity index (χ3v) is 7.18. The number of Topliss-reactive ketones (excluding diaryl/α,β-unsaturated/α-hetero) is 1. The van der Waals surface area contributed by atoms with Gasteiger partial charge in [0.1, 0.15) is 5.65 Å². The largest absolute Gasteiger partial charge is 0.454 e. The fourth-order valence-corrected chi connectivity index (χ4v) is 4.91. The number of rotatable bonds is 8. The lowest BCUT2D eigenvalue weighted by atomic mass is 10.0. The number of fused-ring (bicyclic) bond motifs is 2. The summed E-state index contributed by atoms with van der Waals surface area (Å²) in [5.41, 5.74) is 8.48. The third kappa shape index (κ3) is 5.18. The zero-order valence-corrected chi connectivity index (χ0v) is 22.4. The van der Waals surface area contributed by atoms with Crippen LogP contribution >= 0.6 is 0 Å². The Hall–Kier alpha value is -4.91. The van der Waals surface area contributed by atoms with Gasteiger partial charge in [-0.2, -0.15) is 0 Å². The number of carbonyl (C=O) groups is 2. The van der Waals surface area contributed by atoms with Crippen molar-refractivity contribution in [3.05, 3.63) is 107 Å². The summed E-state index contributed by atoms with van der Waals surface area (Å²) in [4.78, 5) is 29.6. The van der Waals surface area contributed by atoms with Crippen LogP contribution in [0.3, 0.4) is 0 Å². The second kappa shape index (κ2) is 10.7. The molecule has 0 spiro atoms. The van der Waals surface area contributed by atoms with Crippen LogP contribution in [0.1, 0.15) is 40.5 Å². The molecule has 0 atom stereocenters. The van der Waals surface area contributed by atoms with Crippen molar-refractivity contribution >= 4 is 17.3 Å². The van der Waals surface area contributed by atoms with E-state index in [0.29, 0.717) is 30.7 Å². The summed E-state index contributed by atoms with van der Waals surface area (Å²) in [6.45, 7) is 4.26. The van der Waals surface area contributed by atoms with Crippen LogP contribution in [0, 0.1) is 6.92 Å². The molecule has 1 aliphatic rings. The predicted molar refractivity (Wildman–Crippen MR) is 154 cm³/mol. The van der Waals surface area contributed by atoms with Crippen LogP contribution in [-0.2, 0) is 17.8 Å². The SMILES string of the molecule is CC(=O)c1ccc(-c2ccc3nc(-c4ccc(C)cc4)c(CCC(=O)NCc4ccc5c(c4)OCO5)n3c2)cc1. The zero-order chi connectivity index (χ0) is 27.6. The van der Waals surface area contributed by atoms with Gasteiger partial charge in [0.05, 0.1) is 11.4 Å². The number of hydrogen-bond donors (Lipinski definition) is 1. The Balaban J connectivity index is 1.26. The summed E-state index contributed by atoms with van der Waals surface area (Å²) in [6, 6.07) is 25.6. The fourth-order valence-electron chi connectivity index (χ4n) is 4.91. The maximum atomic E-state index is 12.9. The van der Waals surface area contributed by atoms with Gasteiger partial charge < -0.3 is 19.2 Å². The highest BCUT2D eigenvalue weighted by Gasteiger charge is 2.17. The first-order valence-corrected chi connectivity index (χ1v) is 13.3. The van der Waals surface area contributed by atoms with Crippen molar-refractivity contribution < 1.29 is 19.1 Å². The van der Waals surface area contributed by atoms with Crippen molar-refractivity contribution in [1.29, 1.82) is 0 Å². The predicted octanol–water partition coefficient (Wildman–Crippen LogP) is 6.16. The molecule has 3 aromatic carbocycles. The lowest BCUT2D eigenvalue weighted by molar-refractivity contribution is -0.121. The Morgan fingerprint density at radius 3 is 2.38 bits per heavy atom. The number of ether oxygens (including phenoxy) is 2. The average Bonchev–Trinajstić information content (AvgIpc) is 3.59. The van der Waals surface area contributed by atoms with E-state index in [-0.39, 0.29) is 18.5 Å². The van der Waals surface area contributed by atoms with E-state index in [4.69, 9.17) is 14.5 Å². The molecule has 40 heavy (non-hydrogen) atoms. The smallest absolute Gasteiger partial charge is 0.231 e. The highest BCUT2D eigenvalue weighted by atomic mass is 16.7. The number of nitrogens with zero attached hydrogens (tertiary/aromatic N) is 2. The van der Waals surface area contributed by atoms with Crippen LogP contribution in [0.2, 0.25) is 0 Å². The van der Waals surface area contributed by atoms with Crippen LogP contribution in [0.25, 0.3) is 28.0 Å². The topological polar surface area (TPSA) is 81.9 Å². The maximum absolute atomic E-state index is 12.9. The molecule has 0 aliphatic carbocycles. The van der Waals surface area contributed by atoms with Crippen molar-refractivity contribution in [3.63, 3.8) is 0 Å². The number of carbonyl (C=O) groups excluding carboxylic acids is 2. The van der Waals surface area contributed by atoms with Crippen molar-refractivity contribution in [3.8, 4) is 33.9 Å². The number of amides is 1. The van der Waals surface area contributed by atoms with Crippen molar-refractivity contribution in [2.45, 2.75) is 33.2 Å². The first kappa shape index (κ1) is 25.4. The molecule has 1 aliphatic heterocycles. The van der Waals surface area contributed by atoms with Crippen molar-refractivity contribution in [2.75, 3.05) is 6.79 Å². The standard InChI is InChI=1S/C33H29N3O4/c1-21-3-6-26(7-4-21)33-28(13-16-32(38)34-18-23-5-14-29-30(17-23)40-20-39-29)36-19-27(12-15-31(36)35-33)25-10-8-24(9-11-25)22(2)37/h3-12,14-15,17,19H,13,16,18,20H2,1-2H3,(H,34,38). The summed E-state index contributed by atoms with van der Waals surface area (Å²) in [6.07, 6.45) is 2.89. The highest BCUT2D eigenvalue weighted by Crippen LogP contribution is 2.32. The minimum absolute atomic E-state index is 0.0402. The summed E-state index contributed by atoms with van der Waals surface area (Å²) in [5.74, 6) is 1.42. The van der Waals surface area contributed by atoms with Gasteiger partial charge >= 0.3 is 0 Å². The molecule has 1 amide bonds. The van der Waals surface area contributed by atoms with Crippen LogP contribution in [0.4, 0.5) is 0 Å². The molecule has 0 saturated heterocycles. The Morgan fingerprint density at radius 1 is 0.875 bits per heavy atom. The van der Waals surface area contributed by atoms with Gasteiger partial charge in [0, 0.05) is 30.3 Å². The highest BCUT2D eigenvalue weighted by molar-refractivity contribution is 5.94. The maximum Gasteiger partial charge on any atom is 0.231 e. The minimum Gasteiger partial charge on any atom is -0.454 e. The van der Waals surface area contributed by atoms with Crippen LogP contribution < -0.4 is 14.8 Å². The number of pyridine rings is 1. The Kier molecular flexibility index (Phi) is 6.78. The van der Waals surface area contributed by atoms with Gasteiger partial charge in [-0.1, -0.05) is 60.2 Å². The fraction of sp³-hybridized carbons (Fsp3) is 0.182. The van der Waals surface area contributed by atoms with Crippen LogP contribution in [0.15, 0.2) is 85.1 Å². The molecular formula is C33H29N3O4. The van der Waals surface area contributed by atoms with Gasteiger partial charge in [0.15, 0.2) is 17.3 Å². The Labute approximate surface area is 232 Å². The lowest BCUT2D eigenvalue weighted by Crippen LogP contribution is -2.23. The number of aryl methyl sites for hydroxylation is 2. The van der Waals surface area contributed by atoms with E-state index in [2.05, 4.69) is 47.1 Å². The Bertz CT molecular complexity index is 1720. The molecule has 0 radical (unpaired) electrons. The van der Waals surface area contributed by atoms with Crippen molar-refractivity contribution in [1.82, 2.24) is 14.7 Å². The Morgan fingerprint density at radius 2 is 1.60 bits per heavy atom. The quantitative estimate of drug-likeness (QED) is 0.243. The summed E-state index contributed by atoms with van der Waals surface area (Å²) in [5, 5.41) is 3.03. The third-order valence-electron chi connectivity index (χ3n) is 7.18.